The van der Waals surface area contributed by atoms with E-state index in [1.807, 2.05) is 4.90 Å². The summed E-state index contributed by atoms with van der Waals surface area (Å²) in [5.74, 6) is 1.30. The minimum atomic E-state index is -3.55. The van der Waals surface area contributed by atoms with Crippen LogP contribution in [0.4, 0.5) is 0 Å². The number of hydrogen-bond acceptors (Lipinski definition) is 4. The van der Waals surface area contributed by atoms with Crippen LogP contribution in [-0.4, -0.2) is 74.2 Å². The van der Waals surface area contributed by atoms with Crippen LogP contribution in [0.3, 0.4) is 0 Å². The van der Waals surface area contributed by atoms with Gasteiger partial charge >= 0.3 is 0 Å². The lowest BCUT2D eigenvalue weighted by molar-refractivity contribution is 0.0622. The van der Waals surface area contributed by atoms with Crippen molar-refractivity contribution in [2.45, 2.75) is 63.2 Å². The van der Waals surface area contributed by atoms with E-state index in [1.165, 1.54) is 32.4 Å². The number of piperidine rings is 2. The summed E-state index contributed by atoms with van der Waals surface area (Å²) >= 11 is 0. The maximum Gasteiger partial charge on any atom is 0.253 e. The second kappa shape index (κ2) is 10.7. The first-order valence-electron chi connectivity index (χ1n) is 12.6. The molecule has 0 radical (unpaired) electrons. The molecule has 3 aliphatic heterocycles. The molecule has 1 aromatic carbocycles. The number of likely N-dealkylation sites (tertiary alicyclic amines) is 2. The topological polar surface area (TPSA) is 60.9 Å². The molecule has 0 saturated carbocycles. The van der Waals surface area contributed by atoms with Gasteiger partial charge in [0.25, 0.3) is 5.91 Å². The van der Waals surface area contributed by atoms with Gasteiger partial charge < -0.3 is 9.80 Å². The average molecular weight is 462 g/mol. The molecule has 1 unspecified atom stereocenters. The third-order valence-electron chi connectivity index (χ3n) is 7.48. The Labute approximate surface area is 194 Å². The number of amides is 1. The molecule has 1 atom stereocenters. The van der Waals surface area contributed by atoms with Crippen LogP contribution in [-0.2, 0) is 10.0 Å². The summed E-state index contributed by atoms with van der Waals surface area (Å²) in [5, 5.41) is 0. The molecule has 0 N–H and O–H groups in total. The predicted octanol–water partition coefficient (Wildman–Crippen LogP) is 3.84. The van der Waals surface area contributed by atoms with Gasteiger partial charge in [0.2, 0.25) is 10.0 Å². The molecule has 178 valence electrons. The van der Waals surface area contributed by atoms with Crippen molar-refractivity contribution in [1.29, 1.82) is 0 Å². The Bertz CT molecular complexity index is 872. The van der Waals surface area contributed by atoms with Crippen LogP contribution in [0.1, 0.15) is 68.6 Å². The van der Waals surface area contributed by atoms with Crippen molar-refractivity contribution < 1.29 is 13.2 Å². The molecule has 3 fully saturated rings. The van der Waals surface area contributed by atoms with E-state index >= 15 is 0 Å². The Balaban J connectivity index is 1.41. The number of carbonyl (C=O) groups is 1. The Morgan fingerprint density at radius 1 is 0.938 bits per heavy atom. The van der Waals surface area contributed by atoms with E-state index in [2.05, 4.69) is 11.8 Å². The van der Waals surface area contributed by atoms with Gasteiger partial charge in [-0.25, -0.2) is 8.42 Å². The monoisotopic (exact) mass is 461 g/mol. The third kappa shape index (κ3) is 5.72. The van der Waals surface area contributed by atoms with E-state index < -0.39 is 10.0 Å². The summed E-state index contributed by atoms with van der Waals surface area (Å²) < 4.78 is 28.0. The van der Waals surface area contributed by atoms with Gasteiger partial charge in [0.1, 0.15) is 0 Å². The SMILES string of the molecule is CC1CCN(CC2CCCN(C(=O)c3cccc(S(=O)(=O)N4CCCCCC4)c3)C2)CC1. The van der Waals surface area contributed by atoms with Crippen molar-refractivity contribution in [2.75, 3.05) is 45.8 Å². The summed E-state index contributed by atoms with van der Waals surface area (Å²) in [6.45, 7) is 8.42. The fourth-order valence-corrected chi connectivity index (χ4v) is 6.98. The molecule has 3 heterocycles. The van der Waals surface area contributed by atoms with E-state index in [9.17, 15) is 13.2 Å². The normalized spacial score (nSPS) is 24.9. The van der Waals surface area contributed by atoms with Crippen molar-refractivity contribution in [3.05, 3.63) is 29.8 Å². The number of carbonyl (C=O) groups excluding carboxylic acids is 1. The fourth-order valence-electron chi connectivity index (χ4n) is 5.41. The lowest BCUT2D eigenvalue weighted by atomic mass is 9.94. The van der Waals surface area contributed by atoms with E-state index in [1.54, 1.807) is 28.6 Å². The van der Waals surface area contributed by atoms with Crippen LogP contribution in [0, 0.1) is 11.8 Å². The maximum atomic E-state index is 13.3. The Hall–Kier alpha value is -1.44. The molecule has 32 heavy (non-hydrogen) atoms. The minimum absolute atomic E-state index is 0.0325. The highest BCUT2D eigenvalue weighted by atomic mass is 32.2. The summed E-state index contributed by atoms with van der Waals surface area (Å²) in [6, 6.07) is 6.71. The molecule has 1 aromatic rings. The highest BCUT2D eigenvalue weighted by Crippen LogP contribution is 2.25. The molecule has 4 rings (SSSR count). The van der Waals surface area contributed by atoms with Crippen molar-refractivity contribution in [2.24, 2.45) is 11.8 Å². The molecule has 7 heteroatoms. The summed E-state index contributed by atoms with van der Waals surface area (Å²) in [7, 11) is -3.55. The molecule has 3 aliphatic rings. The first kappa shape index (κ1) is 23.7. The van der Waals surface area contributed by atoms with Gasteiger partial charge in [-0.3, -0.25) is 4.79 Å². The molecule has 0 aliphatic carbocycles. The van der Waals surface area contributed by atoms with E-state index in [4.69, 9.17) is 0 Å². The lowest BCUT2D eigenvalue weighted by Crippen LogP contribution is -2.45. The largest absolute Gasteiger partial charge is 0.338 e. The van der Waals surface area contributed by atoms with Gasteiger partial charge in [0.15, 0.2) is 0 Å². The maximum absolute atomic E-state index is 13.3. The summed E-state index contributed by atoms with van der Waals surface area (Å²) in [4.78, 5) is 18.1. The van der Waals surface area contributed by atoms with Crippen molar-refractivity contribution >= 4 is 15.9 Å². The van der Waals surface area contributed by atoms with E-state index in [0.717, 1.165) is 57.7 Å². The van der Waals surface area contributed by atoms with Crippen LogP contribution < -0.4 is 0 Å². The van der Waals surface area contributed by atoms with Crippen molar-refractivity contribution in [3.8, 4) is 0 Å². The molecular weight excluding hydrogens is 422 g/mol. The molecular formula is C25H39N3O3S. The summed E-state index contributed by atoms with van der Waals surface area (Å²) in [6.07, 6.45) is 8.70. The Morgan fingerprint density at radius 2 is 1.66 bits per heavy atom. The standard InChI is InChI=1S/C25H39N3O3S/c1-21-11-16-26(17-12-21)19-22-8-7-13-27(20-22)25(29)23-9-6-10-24(18-23)32(30,31)28-14-4-2-3-5-15-28/h6,9-10,18,21-22H,2-5,7-8,11-17,19-20H2,1H3. The second-order valence-corrected chi connectivity index (χ2v) is 12.0. The third-order valence-corrected chi connectivity index (χ3v) is 9.38. The van der Waals surface area contributed by atoms with E-state index in [-0.39, 0.29) is 10.8 Å². The van der Waals surface area contributed by atoms with Gasteiger partial charge in [-0.1, -0.05) is 25.8 Å². The lowest BCUT2D eigenvalue weighted by Gasteiger charge is -2.38. The average Bonchev–Trinajstić information content (AvgIpc) is 3.11. The van der Waals surface area contributed by atoms with Crippen LogP contribution in [0.25, 0.3) is 0 Å². The van der Waals surface area contributed by atoms with Crippen molar-refractivity contribution in [1.82, 2.24) is 14.1 Å². The second-order valence-electron chi connectivity index (χ2n) is 10.1. The van der Waals surface area contributed by atoms with Crippen LogP contribution >= 0.6 is 0 Å². The summed E-state index contributed by atoms with van der Waals surface area (Å²) in [5.41, 5.74) is 0.494. The van der Waals surface area contributed by atoms with Crippen molar-refractivity contribution in [3.63, 3.8) is 0 Å². The first-order valence-corrected chi connectivity index (χ1v) is 14.0. The quantitative estimate of drug-likeness (QED) is 0.669. The molecule has 1 amide bonds. The number of nitrogens with zero attached hydrogens (tertiary/aromatic N) is 3. The van der Waals surface area contributed by atoms with Gasteiger partial charge in [-0.15, -0.1) is 0 Å². The zero-order valence-corrected chi connectivity index (χ0v) is 20.4. The molecule has 6 nitrogen and oxygen atoms in total. The first-order chi connectivity index (χ1) is 15.4. The fraction of sp³-hybridized carbons (Fsp3) is 0.720. The zero-order chi connectivity index (χ0) is 22.6. The molecule has 0 aromatic heterocycles. The van der Waals surface area contributed by atoms with Gasteiger partial charge in [-0.05, 0) is 81.6 Å². The van der Waals surface area contributed by atoms with Crippen LogP contribution in [0.2, 0.25) is 0 Å². The van der Waals surface area contributed by atoms with Gasteiger partial charge in [-0.2, -0.15) is 4.31 Å². The zero-order valence-electron chi connectivity index (χ0n) is 19.5. The van der Waals surface area contributed by atoms with Gasteiger partial charge in [0.05, 0.1) is 4.90 Å². The minimum Gasteiger partial charge on any atom is -0.338 e. The van der Waals surface area contributed by atoms with Crippen LogP contribution in [0.5, 0.6) is 0 Å². The highest BCUT2D eigenvalue weighted by Gasteiger charge is 2.29. The molecule has 0 bridgehead atoms. The molecule has 3 saturated heterocycles. The number of sulfonamides is 1. The smallest absolute Gasteiger partial charge is 0.253 e. The van der Waals surface area contributed by atoms with Gasteiger partial charge in [0, 0.05) is 38.3 Å². The Kier molecular flexibility index (Phi) is 7.90. The van der Waals surface area contributed by atoms with E-state index in [0.29, 0.717) is 24.6 Å². The number of hydrogen-bond donors (Lipinski definition) is 0. The number of rotatable bonds is 5. The highest BCUT2D eigenvalue weighted by molar-refractivity contribution is 7.89. The number of benzene rings is 1. The Morgan fingerprint density at radius 3 is 2.38 bits per heavy atom. The predicted molar refractivity (Wildman–Crippen MR) is 127 cm³/mol. The van der Waals surface area contributed by atoms with Crippen LogP contribution in [0.15, 0.2) is 29.2 Å². The molecule has 0 spiro atoms.